The Balaban J connectivity index is 2.07. The van der Waals surface area contributed by atoms with Crippen LogP contribution in [0.4, 0.5) is 0 Å². The zero-order chi connectivity index (χ0) is 17.3. The minimum atomic E-state index is 0.113. The number of hydrogen-bond acceptors (Lipinski definition) is 1. The number of amides is 1. The van der Waals surface area contributed by atoms with Crippen LogP contribution in [0.15, 0.2) is 24.3 Å². The lowest BCUT2D eigenvalue weighted by Gasteiger charge is -2.40. The number of nitrogens with zero attached hydrogens (tertiary/aromatic N) is 1. The lowest BCUT2D eigenvalue weighted by atomic mass is 9.40. The molecule has 0 radical (unpaired) electrons. The van der Waals surface area contributed by atoms with E-state index in [1.165, 1.54) is 36.5 Å². The Morgan fingerprint density at radius 3 is 1.96 bits per heavy atom. The Labute approximate surface area is 142 Å². The van der Waals surface area contributed by atoms with Gasteiger partial charge in [-0.1, -0.05) is 82.9 Å². The summed E-state index contributed by atoms with van der Waals surface area (Å²) < 4.78 is 0. The van der Waals surface area contributed by atoms with E-state index < -0.39 is 0 Å². The third-order valence-corrected chi connectivity index (χ3v) is 6.48. The van der Waals surface area contributed by atoms with Crippen LogP contribution in [0, 0.1) is 10.8 Å². The van der Waals surface area contributed by atoms with Crippen LogP contribution in [0.5, 0.6) is 0 Å². The van der Waals surface area contributed by atoms with Crippen LogP contribution in [0.1, 0.15) is 53.0 Å². The van der Waals surface area contributed by atoms with E-state index in [-0.39, 0.29) is 5.91 Å². The zero-order valence-corrected chi connectivity index (χ0v) is 15.8. The summed E-state index contributed by atoms with van der Waals surface area (Å²) >= 11 is 0. The minimum absolute atomic E-state index is 0.113. The van der Waals surface area contributed by atoms with Gasteiger partial charge in [-0.05, 0) is 16.4 Å². The highest BCUT2D eigenvalue weighted by Crippen LogP contribution is 2.48. The smallest absolute Gasteiger partial charge is 0.219 e. The molecule has 0 N–H and O–H groups in total. The fourth-order valence-electron chi connectivity index (χ4n) is 3.51. The van der Waals surface area contributed by atoms with Crippen molar-refractivity contribution in [3.8, 4) is 0 Å². The third kappa shape index (κ3) is 4.19. The van der Waals surface area contributed by atoms with Crippen molar-refractivity contribution in [2.75, 3.05) is 7.05 Å². The molecule has 0 unspecified atom stereocenters. The molecule has 2 rings (SSSR count). The fraction of sp³-hybridized carbons (Fsp3) is 0.650. The second kappa shape index (κ2) is 6.71. The molecule has 1 heterocycles. The lowest BCUT2D eigenvalue weighted by Crippen LogP contribution is -2.30. The molecule has 0 saturated carbocycles. The quantitative estimate of drug-likeness (QED) is 0.765. The van der Waals surface area contributed by atoms with Gasteiger partial charge in [0.15, 0.2) is 6.71 Å². The summed E-state index contributed by atoms with van der Waals surface area (Å²) in [6.45, 7) is 12.7. The van der Waals surface area contributed by atoms with Gasteiger partial charge in [-0.25, -0.2) is 0 Å². The second-order valence-electron chi connectivity index (χ2n) is 8.66. The first-order valence-corrected chi connectivity index (χ1v) is 8.93. The molecular formula is C20H32BNO. The number of carbonyl (C=O) groups is 1. The molecule has 1 aliphatic heterocycles. The Hall–Kier alpha value is -1.25. The molecule has 0 atom stereocenters. The van der Waals surface area contributed by atoms with Crippen molar-refractivity contribution in [3.05, 3.63) is 29.8 Å². The molecule has 23 heavy (non-hydrogen) atoms. The number of hydrogen-bond donors (Lipinski definition) is 0. The minimum Gasteiger partial charge on any atom is -0.342 e. The maximum atomic E-state index is 11.3. The molecule has 0 bridgehead atoms. The molecule has 0 aliphatic carbocycles. The highest BCUT2D eigenvalue weighted by atomic mass is 16.2. The number of rotatable bonds is 3. The van der Waals surface area contributed by atoms with E-state index in [0.717, 1.165) is 0 Å². The van der Waals surface area contributed by atoms with E-state index in [4.69, 9.17) is 0 Å². The van der Waals surface area contributed by atoms with Gasteiger partial charge in [0.05, 0.1) is 0 Å². The van der Waals surface area contributed by atoms with Crippen molar-refractivity contribution in [1.29, 1.82) is 0 Å². The van der Waals surface area contributed by atoms with E-state index in [0.29, 0.717) is 24.1 Å². The highest BCUT2D eigenvalue weighted by Gasteiger charge is 2.40. The van der Waals surface area contributed by atoms with Crippen LogP contribution < -0.4 is 5.46 Å². The third-order valence-electron chi connectivity index (χ3n) is 6.48. The maximum absolute atomic E-state index is 11.3. The molecule has 1 saturated heterocycles. The summed E-state index contributed by atoms with van der Waals surface area (Å²) in [5, 5.41) is 0. The molecule has 1 aromatic rings. The van der Waals surface area contributed by atoms with E-state index in [1.54, 1.807) is 11.8 Å². The first-order valence-electron chi connectivity index (χ1n) is 8.93. The van der Waals surface area contributed by atoms with E-state index >= 15 is 0 Å². The largest absolute Gasteiger partial charge is 0.342 e. The average Bonchev–Trinajstić information content (AvgIpc) is 2.57. The van der Waals surface area contributed by atoms with Crippen LogP contribution >= 0.6 is 0 Å². The van der Waals surface area contributed by atoms with E-state index in [9.17, 15) is 4.79 Å². The van der Waals surface area contributed by atoms with Crippen LogP contribution in [-0.2, 0) is 11.3 Å². The zero-order valence-electron chi connectivity index (χ0n) is 15.8. The molecule has 1 amide bonds. The van der Waals surface area contributed by atoms with Gasteiger partial charge in [-0.15, -0.1) is 0 Å². The topological polar surface area (TPSA) is 20.3 Å². The SMILES string of the molecule is CC(=O)N(C)Cc1ccc(B2CCC(C)(C)C(C)(C)CC2)cc1. The van der Waals surface area contributed by atoms with Gasteiger partial charge in [0, 0.05) is 20.5 Å². The molecular weight excluding hydrogens is 281 g/mol. The highest BCUT2D eigenvalue weighted by molar-refractivity contribution is 6.73. The molecule has 3 heteroatoms. The van der Waals surface area contributed by atoms with Gasteiger partial charge in [0.2, 0.25) is 5.91 Å². The van der Waals surface area contributed by atoms with Crippen LogP contribution in [0.2, 0.25) is 12.6 Å². The van der Waals surface area contributed by atoms with Gasteiger partial charge in [-0.2, -0.15) is 0 Å². The summed E-state index contributed by atoms with van der Waals surface area (Å²) in [6, 6.07) is 8.94. The molecule has 2 nitrogen and oxygen atoms in total. The van der Waals surface area contributed by atoms with Gasteiger partial charge in [-0.3, -0.25) is 4.79 Å². The average molecular weight is 313 g/mol. The Bertz CT molecular complexity index is 529. The van der Waals surface area contributed by atoms with Crippen LogP contribution in [0.3, 0.4) is 0 Å². The number of carbonyl (C=O) groups excluding carboxylic acids is 1. The first-order chi connectivity index (χ1) is 10.6. The van der Waals surface area contributed by atoms with Crippen molar-refractivity contribution < 1.29 is 4.79 Å². The number of benzene rings is 1. The monoisotopic (exact) mass is 313 g/mol. The molecule has 0 spiro atoms. The van der Waals surface area contributed by atoms with E-state index in [2.05, 4.69) is 52.0 Å². The summed E-state index contributed by atoms with van der Waals surface area (Å²) in [6.07, 6.45) is 5.14. The van der Waals surface area contributed by atoms with Gasteiger partial charge < -0.3 is 4.90 Å². The molecule has 0 aromatic heterocycles. The normalized spacial score (nSPS) is 20.0. The fourth-order valence-corrected chi connectivity index (χ4v) is 3.51. The summed E-state index contributed by atoms with van der Waals surface area (Å²) in [5.74, 6) is 0.113. The van der Waals surface area contributed by atoms with Gasteiger partial charge in [0.1, 0.15) is 0 Å². The standard InChI is InChI=1S/C20H32BNO/c1-16(23)22(6)15-17-7-9-18(10-8-17)21-13-11-19(2,3)20(4,5)12-14-21/h7-10H,11-15H2,1-6H3. The molecule has 1 fully saturated rings. The predicted octanol–water partition coefficient (Wildman–Crippen LogP) is 4.21. The van der Waals surface area contributed by atoms with Crippen molar-refractivity contribution in [1.82, 2.24) is 4.90 Å². The van der Waals surface area contributed by atoms with Crippen molar-refractivity contribution >= 4 is 18.1 Å². The second-order valence-corrected chi connectivity index (χ2v) is 8.66. The summed E-state index contributed by atoms with van der Waals surface area (Å²) in [5.41, 5.74) is 3.49. The first kappa shape index (κ1) is 18.1. The lowest BCUT2D eigenvalue weighted by molar-refractivity contribution is -0.128. The Kier molecular flexibility index (Phi) is 5.28. The van der Waals surface area contributed by atoms with E-state index in [1.807, 2.05) is 7.05 Å². The molecule has 1 aromatic carbocycles. The summed E-state index contributed by atoms with van der Waals surface area (Å²) in [7, 11) is 1.85. The van der Waals surface area contributed by atoms with Crippen LogP contribution in [-0.4, -0.2) is 24.6 Å². The maximum Gasteiger partial charge on any atom is 0.219 e. The summed E-state index contributed by atoms with van der Waals surface area (Å²) in [4.78, 5) is 13.1. The Morgan fingerprint density at radius 2 is 1.52 bits per heavy atom. The van der Waals surface area contributed by atoms with Crippen molar-refractivity contribution in [2.24, 2.45) is 10.8 Å². The van der Waals surface area contributed by atoms with Crippen molar-refractivity contribution in [2.45, 2.75) is 66.6 Å². The van der Waals surface area contributed by atoms with Crippen LogP contribution in [0.25, 0.3) is 0 Å². The van der Waals surface area contributed by atoms with Gasteiger partial charge in [0.25, 0.3) is 0 Å². The molecule has 1 aliphatic rings. The molecule has 126 valence electrons. The predicted molar refractivity (Wildman–Crippen MR) is 100 cm³/mol. The Morgan fingerprint density at radius 1 is 1.04 bits per heavy atom. The van der Waals surface area contributed by atoms with Crippen molar-refractivity contribution in [3.63, 3.8) is 0 Å². The van der Waals surface area contributed by atoms with Gasteiger partial charge >= 0.3 is 0 Å².